The number of rotatable bonds is 5. The van der Waals surface area contributed by atoms with Crippen LogP contribution in [-0.4, -0.2) is 36.2 Å². The van der Waals surface area contributed by atoms with E-state index in [-0.39, 0.29) is 30.2 Å². The van der Waals surface area contributed by atoms with Gasteiger partial charge in [-0.15, -0.1) is 0 Å². The molecule has 0 aliphatic heterocycles. The lowest BCUT2D eigenvalue weighted by atomic mass is 10.1. The zero-order valence-electron chi connectivity index (χ0n) is 10.7. The molecule has 1 aromatic rings. The molecule has 1 fully saturated rings. The molecule has 6 heteroatoms. The van der Waals surface area contributed by atoms with Gasteiger partial charge in [0.05, 0.1) is 17.9 Å². The normalized spacial score (nSPS) is 22.4. The SMILES string of the molecule is COC1CCC(NC(=O)c2ccoc2CC(=O)O)C1. The van der Waals surface area contributed by atoms with Crippen molar-refractivity contribution in [2.24, 2.45) is 0 Å². The number of furan rings is 1. The summed E-state index contributed by atoms with van der Waals surface area (Å²) in [6.45, 7) is 0. The number of carboxylic acids is 1. The summed E-state index contributed by atoms with van der Waals surface area (Å²) in [5, 5.41) is 11.6. The number of ether oxygens (including phenoxy) is 1. The molecule has 1 aliphatic carbocycles. The van der Waals surface area contributed by atoms with E-state index in [1.165, 1.54) is 12.3 Å². The van der Waals surface area contributed by atoms with Gasteiger partial charge < -0.3 is 19.6 Å². The van der Waals surface area contributed by atoms with E-state index >= 15 is 0 Å². The molecular formula is C13H17NO5. The second-order valence-electron chi connectivity index (χ2n) is 4.67. The quantitative estimate of drug-likeness (QED) is 0.837. The fraction of sp³-hybridized carbons (Fsp3) is 0.538. The Labute approximate surface area is 110 Å². The van der Waals surface area contributed by atoms with Gasteiger partial charge in [0.25, 0.3) is 5.91 Å². The molecule has 0 radical (unpaired) electrons. The van der Waals surface area contributed by atoms with Crippen molar-refractivity contribution >= 4 is 11.9 Å². The molecule has 2 unspecified atom stereocenters. The molecule has 1 heterocycles. The minimum atomic E-state index is -1.02. The van der Waals surface area contributed by atoms with Gasteiger partial charge in [-0.05, 0) is 25.3 Å². The Kier molecular flexibility index (Phi) is 4.21. The number of hydrogen-bond acceptors (Lipinski definition) is 4. The molecule has 2 atom stereocenters. The Morgan fingerprint density at radius 2 is 2.32 bits per heavy atom. The van der Waals surface area contributed by atoms with Crippen LogP contribution >= 0.6 is 0 Å². The lowest BCUT2D eigenvalue weighted by Gasteiger charge is -2.12. The van der Waals surface area contributed by atoms with Gasteiger partial charge in [0.2, 0.25) is 0 Å². The van der Waals surface area contributed by atoms with Crippen LogP contribution in [0.15, 0.2) is 16.7 Å². The summed E-state index contributed by atoms with van der Waals surface area (Å²) in [7, 11) is 1.66. The summed E-state index contributed by atoms with van der Waals surface area (Å²) >= 11 is 0. The van der Waals surface area contributed by atoms with E-state index < -0.39 is 5.97 Å². The maximum absolute atomic E-state index is 12.1. The van der Waals surface area contributed by atoms with Gasteiger partial charge in [0, 0.05) is 13.2 Å². The molecule has 0 bridgehead atoms. The van der Waals surface area contributed by atoms with Crippen LogP contribution < -0.4 is 5.32 Å². The van der Waals surface area contributed by atoms with E-state index in [1.54, 1.807) is 7.11 Å². The number of nitrogens with one attached hydrogen (secondary N) is 1. The Bertz CT molecular complexity index is 467. The average molecular weight is 267 g/mol. The molecule has 6 nitrogen and oxygen atoms in total. The van der Waals surface area contributed by atoms with Crippen LogP contribution in [0.5, 0.6) is 0 Å². The fourth-order valence-electron chi connectivity index (χ4n) is 2.37. The molecular weight excluding hydrogens is 250 g/mol. The van der Waals surface area contributed by atoms with E-state index in [1.807, 2.05) is 0 Å². The van der Waals surface area contributed by atoms with Crippen molar-refractivity contribution < 1.29 is 23.8 Å². The van der Waals surface area contributed by atoms with Crippen molar-refractivity contribution in [2.45, 2.75) is 37.8 Å². The third kappa shape index (κ3) is 3.35. The molecule has 1 amide bonds. The highest BCUT2D eigenvalue weighted by molar-refractivity contribution is 5.96. The number of amides is 1. The van der Waals surface area contributed by atoms with Crippen molar-refractivity contribution in [3.8, 4) is 0 Å². The molecule has 1 aliphatic rings. The average Bonchev–Trinajstić information content (AvgIpc) is 2.97. The number of methoxy groups -OCH3 is 1. The van der Waals surface area contributed by atoms with Gasteiger partial charge in [-0.2, -0.15) is 0 Å². The molecule has 1 aromatic heterocycles. The number of carbonyl (C=O) groups is 2. The number of carbonyl (C=O) groups excluding carboxylic acids is 1. The van der Waals surface area contributed by atoms with Crippen LogP contribution in [0, 0.1) is 0 Å². The van der Waals surface area contributed by atoms with Crippen LogP contribution in [-0.2, 0) is 16.0 Å². The van der Waals surface area contributed by atoms with Crippen LogP contribution in [0.2, 0.25) is 0 Å². The smallest absolute Gasteiger partial charge is 0.311 e. The molecule has 0 spiro atoms. The first-order valence-corrected chi connectivity index (χ1v) is 6.22. The summed E-state index contributed by atoms with van der Waals surface area (Å²) in [6, 6.07) is 1.57. The van der Waals surface area contributed by atoms with E-state index in [4.69, 9.17) is 14.3 Å². The van der Waals surface area contributed by atoms with Crippen molar-refractivity contribution in [2.75, 3.05) is 7.11 Å². The van der Waals surface area contributed by atoms with Crippen molar-refractivity contribution in [1.82, 2.24) is 5.32 Å². The van der Waals surface area contributed by atoms with Gasteiger partial charge in [-0.25, -0.2) is 0 Å². The maximum atomic E-state index is 12.1. The van der Waals surface area contributed by atoms with Crippen molar-refractivity contribution in [3.05, 3.63) is 23.7 Å². The largest absolute Gasteiger partial charge is 0.481 e. The summed E-state index contributed by atoms with van der Waals surface area (Å²) in [5.41, 5.74) is 0.295. The minimum Gasteiger partial charge on any atom is -0.481 e. The lowest BCUT2D eigenvalue weighted by molar-refractivity contribution is -0.136. The lowest BCUT2D eigenvalue weighted by Crippen LogP contribution is -2.33. The molecule has 19 heavy (non-hydrogen) atoms. The Balaban J connectivity index is 1.97. The minimum absolute atomic E-state index is 0.0741. The summed E-state index contributed by atoms with van der Waals surface area (Å²) in [5.74, 6) is -1.12. The molecule has 2 N–H and O–H groups in total. The fourth-order valence-corrected chi connectivity index (χ4v) is 2.37. The van der Waals surface area contributed by atoms with E-state index in [9.17, 15) is 9.59 Å². The van der Waals surface area contributed by atoms with Crippen LogP contribution in [0.25, 0.3) is 0 Å². The first kappa shape index (κ1) is 13.6. The summed E-state index contributed by atoms with van der Waals surface area (Å²) in [6.07, 6.45) is 3.81. The van der Waals surface area contributed by atoms with E-state index in [0.29, 0.717) is 5.56 Å². The molecule has 2 rings (SSSR count). The number of hydrogen-bond donors (Lipinski definition) is 2. The third-order valence-electron chi connectivity index (χ3n) is 3.35. The number of aliphatic carboxylic acids is 1. The second kappa shape index (κ2) is 5.88. The van der Waals surface area contributed by atoms with Crippen LogP contribution in [0.1, 0.15) is 35.4 Å². The molecule has 0 saturated heterocycles. The van der Waals surface area contributed by atoms with E-state index in [0.717, 1.165) is 19.3 Å². The maximum Gasteiger partial charge on any atom is 0.311 e. The Morgan fingerprint density at radius 1 is 1.53 bits per heavy atom. The molecule has 104 valence electrons. The zero-order chi connectivity index (χ0) is 13.8. The van der Waals surface area contributed by atoms with Gasteiger partial charge in [-0.1, -0.05) is 0 Å². The second-order valence-corrected chi connectivity index (χ2v) is 4.67. The van der Waals surface area contributed by atoms with Crippen LogP contribution in [0.3, 0.4) is 0 Å². The first-order chi connectivity index (χ1) is 9.10. The number of carboxylic acid groups (broad SMARTS) is 1. The molecule has 0 aromatic carbocycles. The van der Waals surface area contributed by atoms with Gasteiger partial charge in [-0.3, -0.25) is 9.59 Å². The topological polar surface area (TPSA) is 88.8 Å². The Morgan fingerprint density at radius 3 is 2.95 bits per heavy atom. The van der Waals surface area contributed by atoms with E-state index in [2.05, 4.69) is 5.32 Å². The van der Waals surface area contributed by atoms with Gasteiger partial charge in [0.1, 0.15) is 12.2 Å². The highest BCUT2D eigenvalue weighted by atomic mass is 16.5. The van der Waals surface area contributed by atoms with Gasteiger partial charge >= 0.3 is 5.97 Å². The first-order valence-electron chi connectivity index (χ1n) is 6.22. The zero-order valence-corrected chi connectivity index (χ0v) is 10.7. The molecule has 1 saturated carbocycles. The predicted octanol–water partition coefficient (Wildman–Crippen LogP) is 1.20. The van der Waals surface area contributed by atoms with Crippen molar-refractivity contribution in [1.29, 1.82) is 0 Å². The highest BCUT2D eigenvalue weighted by Crippen LogP contribution is 2.22. The Hall–Kier alpha value is -1.82. The van der Waals surface area contributed by atoms with Crippen LogP contribution in [0.4, 0.5) is 0 Å². The standard InChI is InChI=1S/C13H17NO5/c1-18-9-3-2-8(6-9)14-13(17)10-4-5-19-11(10)7-12(15)16/h4-5,8-9H,2-3,6-7H2,1H3,(H,14,17)(H,15,16). The highest BCUT2D eigenvalue weighted by Gasteiger charge is 2.27. The summed E-state index contributed by atoms with van der Waals surface area (Å²) in [4.78, 5) is 22.7. The van der Waals surface area contributed by atoms with Crippen molar-refractivity contribution in [3.63, 3.8) is 0 Å². The monoisotopic (exact) mass is 267 g/mol. The predicted molar refractivity (Wildman–Crippen MR) is 66.0 cm³/mol. The van der Waals surface area contributed by atoms with Gasteiger partial charge in [0.15, 0.2) is 0 Å². The summed E-state index contributed by atoms with van der Waals surface area (Å²) < 4.78 is 10.3. The third-order valence-corrected chi connectivity index (χ3v) is 3.35.